The molecule has 74 valence electrons. The van der Waals surface area contributed by atoms with Gasteiger partial charge in [-0.3, -0.25) is 0 Å². The summed E-state index contributed by atoms with van der Waals surface area (Å²) in [6.45, 7) is 11.4. The molecule has 0 atom stereocenters. The lowest BCUT2D eigenvalue weighted by Crippen LogP contribution is -2.38. The molecule has 0 aliphatic carbocycles. The Morgan fingerprint density at radius 3 is 1.38 bits per heavy atom. The molecule has 0 saturated heterocycles. The average molecular weight is 183 g/mol. The summed E-state index contributed by atoms with van der Waals surface area (Å²) in [4.78, 5) is 0. The van der Waals surface area contributed by atoms with E-state index in [4.69, 9.17) is 14.6 Å². The van der Waals surface area contributed by atoms with E-state index in [2.05, 4.69) is 0 Å². The zero-order valence-corrected chi connectivity index (χ0v) is 9.34. The standard InChI is InChI=1S/C9H18BNO2/c1-8(2,3)12-10(7-11)13-9(4,5)6/h1-6H3. The minimum atomic E-state index is -0.792. The Morgan fingerprint density at radius 2 is 1.23 bits per heavy atom. The van der Waals surface area contributed by atoms with Crippen molar-refractivity contribution in [1.29, 1.82) is 5.26 Å². The van der Waals surface area contributed by atoms with E-state index in [0.717, 1.165) is 0 Å². The van der Waals surface area contributed by atoms with Gasteiger partial charge in [0.05, 0.1) is 5.97 Å². The zero-order chi connectivity index (χ0) is 10.7. The molecule has 0 amide bonds. The van der Waals surface area contributed by atoms with Gasteiger partial charge in [-0.05, 0) is 41.5 Å². The molecule has 0 heterocycles. The van der Waals surface area contributed by atoms with Crippen LogP contribution in [0.5, 0.6) is 0 Å². The Hall–Kier alpha value is -0.525. The number of rotatable bonds is 2. The topological polar surface area (TPSA) is 42.2 Å². The molecule has 0 aromatic carbocycles. The molecule has 0 aromatic heterocycles. The molecule has 0 aliphatic rings. The van der Waals surface area contributed by atoms with E-state index in [0.29, 0.717) is 0 Å². The van der Waals surface area contributed by atoms with Crippen LogP contribution in [0.3, 0.4) is 0 Å². The van der Waals surface area contributed by atoms with Crippen molar-refractivity contribution in [1.82, 2.24) is 0 Å². The first-order valence-corrected chi connectivity index (χ1v) is 4.39. The van der Waals surface area contributed by atoms with Crippen LogP contribution in [-0.4, -0.2) is 18.3 Å². The lowest BCUT2D eigenvalue weighted by atomic mass is 9.89. The molecule has 0 N–H and O–H groups in total. The molecule has 0 spiro atoms. The van der Waals surface area contributed by atoms with Crippen LogP contribution in [0.25, 0.3) is 0 Å². The first-order chi connectivity index (χ1) is 5.64. The van der Waals surface area contributed by atoms with Crippen LogP contribution in [0, 0.1) is 11.2 Å². The van der Waals surface area contributed by atoms with Crippen molar-refractivity contribution in [2.24, 2.45) is 0 Å². The van der Waals surface area contributed by atoms with Gasteiger partial charge in [0.25, 0.3) is 0 Å². The quantitative estimate of drug-likeness (QED) is 0.616. The molecule has 3 nitrogen and oxygen atoms in total. The summed E-state index contributed by atoms with van der Waals surface area (Å²) in [6, 6.07) is 0. The second-order valence-electron chi connectivity index (χ2n) is 4.92. The first kappa shape index (κ1) is 12.5. The maximum atomic E-state index is 8.75. The molecule has 0 aromatic rings. The van der Waals surface area contributed by atoms with Crippen LogP contribution in [-0.2, 0) is 9.31 Å². The third kappa shape index (κ3) is 7.82. The largest absolute Gasteiger partial charge is 0.579 e. The normalized spacial score (nSPS) is 12.4. The molecule has 13 heavy (non-hydrogen) atoms. The minimum Gasteiger partial charge on any atom is -0.394 e. The predicted molar refractivity (Wildman–Crippen MR) is 53.0 cm³/mol. The van der Waals surface area contributed by atoms with Gasteiger partial charge in [0.1, 0.15) is 0 Å². The summed E-state index contributed by atoms with van der Waals surface area (Å²) in [5.74, 6) is 1.97. The summed E-state index contributed by atoms with van der Waals surface area (Å²) in [5, 5.41) is 8.75. The molecule has 0 bridgehead atoms. The van der Waals surface area contributed by atoms with Gasteiger partial charge in [0, 0.05) is 11.2 Å². The molecule has 0 fully saturated rings. The third-order valence-corrected chi connectivity index (χ3v) is 1.03. The van der Waals surface area contributed by atoms with Crippen molar-refractivity contribution in [3.63, 3.8) is 0 Å². The zero-order valence-electron chi connectivity index (χ0n) is 9.34. The number of hydrogen-bond acceptors (Lipinski definition) is 3. The maximum absolute atomic E-state index is 8.75. The Kier molecular flexibility index (Phi) is 3.96. The summed E-state index contributed by atoms with van der Waals surface area (Å²) in [7, 11) is -0.792. The molecule has 0 unspecified atom stereocenters. The van der Waals surface area contributed by atoms with Gasteiger partial charge in [-0.1, -0.05) is 0 Å². The molecular weight excluding hydrogens is 165 g/mol. The van der Waals surface area contributed by atoms with E-state index >= 15 is 0 Å². The molecule has 0 aliphatic heterocycles. The van der Waals surface area contributed by atoms with Crippen molar-refractivity contribution >= 4 is 7.12 Å². The smallest absolute Gasteiger partial charge is 0.394 e. The van der Waals surface area contributed by atoms with E-state index in [9.17, 15) is 0 Å². The van der Waals surface area contributed by atoms with Crippen molar-refractivity contribution in [2.75, 3.05) is 0 Å². The Bertz CT molecular complexity index is 181. The van der Waals surface area contributed by atoms with Gasteiger partial charge in [0.2, 0.25) is 0 Å². The summed E-state index contributed by atoms with van der Waals surface area (Å²) in [6.07, 6.45) is 0. The summed E-state index contributed by atoms with van der Waals surface area (Å²) in [5.41, 5.74) is -0.711. The highest BCUT2D eigenvalue weighted by atomic mass is 16.6. The Balaban J connectivity index is 4.16. The van der Waals surface area contributed by atoms with Crippen LogP contribution in [0.2, 0.25) is 0 Å². The summed E-state index contributed by atoms with van der Waals surface area (Å²) >= 11 is 0. The van der Waals surface area contributed by atoms with E-state index in [-0.39, 0.29) is 11.2 Å². The van der Waals surface area contributed by atoms with E-state index in [1.165, 1.54) is 0 Å². The van der Waals surface area contributed by atoms with Crippen LogP contribution in [0.1, 0.15) is 41.5 Å². The SMILES string of the molecule is CC(C)(C)OB(C#N)OC(C)(C)C. The third-order valence-electron chi connectivity index (χ3n) is 1.03. The second kappa shape index (κ2) is 4.12. The molecule has 4 heteroatoms. The first-order valence-electron chi connectivity index (χ1n) is 4.39. The van der Waals surface area contributed by atoms with Gasteiger partial charge in [0.15, 0.2) is 0 Å². The van der Waals surface area contributed by atoms with Crippen molar-refractivity contribution in [2.45, 2.75) is 52.7 Å². The molecule has 0 saturated carbocycles. The van der Waals surface area contributed by atoms with E-state index in [1.807, 2.05) is 47.5 Å². The van der Waals surface area contributed by atoms with Gasteiger partial charge in [-0.2, -0.15) is 0 Å². The monoisotopic (exact) mass is 183 g/mol. The molecule has 0 radical (unpaired) electrons. The average Bonchev–Trinajstić information content (AvgIpc) is 1.79. The van der Waals surface area contributed by atoms with E-state index < -0.39 is 7.12 Å². The number of nitrogens with zero attached hydrogens (tertiary/aromatic N) is 1. The fourth-order valence-corrected chi connectivity index (χ4v) is 0.719. The van der Waals surface area contributed by atoms with Crippen molar-refractivity contribution in [3.05, 3.63) is 0 Å². The van der Waals surface area contributed by atoms with Crippen LogP contribution < -0.4 is 0 Å². The highest BCUT2D eigenvalue weighted by Gasteiger charge is 2.29. The lowest BCUT2D eigenvalue weighted by Gasteiger charge is -2.26. The second-order valence-corrected chi connectivity index (χ2v) is 4.92. The van der Waals surface area contributed by atoms with E-state index in [1.54, 1.807) is 0 Å². The highest BCUT2D eigenvalue weighted by Crippen LogP contribution is 2.14. The van der Waals surface area contributed by atoms with Crippen LogP contribution in [0.15, 0.2) is 0 Å². The predicted octanol–water partition coefficient (Wildman–Crippen LogP) is 2.17. The minimum absolute atomic E-state index is 0.356. The fourth-order valence-electron chi connectivity index (χ4n) is 0.719. The number of hydrogen-bond donors (Lipinski definition) is 0. The highest BCUT2D eigenvalue weighted by molar-refractivity contribution is 6.53. The maximum Gasteiger partial charge on any atom is 0.579 e. The molecular formula is C9H18BNO2. The van der Waals surface area contributed by atoms with Crippen LogP contribution in [0.4, 0.5) is 0 Å². The van der Waals surface area contributed by atoms with Gasteiger partial charge in [-0.25, -0.2) is 5.26 Å². The van der Waals surface area contributed by atoms with Crippen molar-refractivity contribution in [3.8, 4) is 5.97 Å². The Morgan fingerprint density at radius 1 is 0.923 bits per heavy atom. The summed E-state index contributed by atoms with van der Waals surface area (Å²) < 4.78 is 10.8. The number of nitriles is 1. The van der Waals surface area contributed by atoms with Gasteiger partial charge < -0.3 is 9.31 Å². The fraction of sp³-hybridized carbons (Fsp3) is 0.889. The Labute approximate surface area is 81.2 Å². The van der Waals surface area contributed by atoms with Crippen LogP contribution >= 0.6 is 0 Å². The lowest BCUT2D eigenvalue weighted by molar-refractivity contribution is 0.0411. The van der Waals surface area contributed by atoms with Gasteiger partial charge in [-0.15, -0.1) is 0 Å². The van der Waals surface area contributed by atoms with Gasteiger partial charge >= 0.3 is 7.12 Å². The van der Waals surface area contributed by atoms with Crippen molar-refractivity contribution < 1.29 is 9.31 Å². The molecule has 0 rings (SSSR count).